The zero-order valence-corrected chi connectivity index (χ0v) is 21.3. The molecule has 35 heavy (non-hydrogen) atoms. The minimum absolute atomic E-state index is 0.0108. The molecule has 0 saturated carbocycles. The number of urea groups is 1. The molecule has 0 aromatic heterocycles. The van der Waals surface area contributed by atoms with E-state index in [1.807, 2.05) is 42.1 Å². The van der Waals surface area contributed by atoms with Crippen molar-refractivity contribution in [1.82, 2.24) is 20.0 Å². The van der Waals surface area contributed by atoms with E-state index in [0.717, 1.165) is 12.0 Å². The van der Waals surface area contributed by atoms with Crippen LogP contribution in [0.5, 0.6) is 11.5 Å². The van der Waals surface area contributed by atoms with Crippen LogP contribution in [-0.4, -0.2) is 85.2 Å². The van der Waals surface area contributed by atoms with Crippen LogP contribution in [0, 0.1) is 11.8 Å². The summed E-state index contributed by atoms with van der Waals surface area (Å²) in [6, 6.07) is 5.31. The van der Waals surface area contributed by atoms with Crippen LogP contribution in [-0.2, 0) is 16.0 Å². The Morgan fingerprint density at radius 1 is 1.17 bits per heavy atom. The fourth-order valence-corrected chi connectivity index (χ4v) is 5.27. The smallest absolute Gasteiger partial charge is 0.325 e. The average molecular weight is 487 g/mol. The molecule has 192 valence electrons. The highest BCUT2D eigenvalue weighted by Gasteiger charge is 2.55. The number of rotatable bonds is 9. The van der Waals surface area contributed by atoms with E-state index in [4.69, 9.17) is 9.47 Å². The molecule has 0 unspecified atom stereocenters. The number of ether oxygens (including phenoxy) is 2. The summed E-state index contributed by atoms with van der Waals surface area (Å²) < 4.78 is 10.8. The van der Waals surface area contributed by atoms with Crippen LogP contribution < -0.4 is 14.8 Å². The summed E-state index contributed by atoms with van der Waals surface area (Å²) in [5, 5.41) is 3.11. The second kappa shape index (κ2) is 10.4. The molecule has 1 aromatic rings. The van der Waals surface area contributed by atoms with E-state index < -0.39 is 5.54 Å². The summed E-state index contributed by atoms with van der Waals surface area (Å²) in [6.45, 7) is 6.66. The first-order valence-electron chi connectivity index (χ1n) is 12.6. The Labute approximate surface area is 207 Å². The van der Waals surface area contributed by atoms with Gasteiger partial charge in [0.1, 0.15) is 5.54 Å². The van der Waals surface area contributed by atoms with Crippen molar-refractivity contribution in [2.75, 3.05) is 47.1 Å². The molecule has 0 spiro atoms. The zero-order valence-electron chi connectivity index (χ0n) is 21.3. The van der Waals surface area contributed by atoms with Crippen molar-refractivity contribution in [1.29, 1.82) is 0 Å². The molecule has 1 N–H and O–H groups in total. The van der Waals surface area contributed by atoms with Gasteiger partial charge in [-0.25, -0.2) is 4.79 Å². The maximum atomic E-state index is 13.6. The van der Waals surface area contributed by atoms with Crippen molar-refractivity contribution >= 4 is 17.8 Å². The van der Waals surface area contributed by atoms with Crippen molar-refractivity contribution in [2.24, 2.45) is 11.8 Å². The second-order valence-corrected chi connectivity index (χ2v) is 10.6. The summed E-state index contributed by atoms with van der Waals surface area (Å²) in [7, 11) is 3.86. The fourth-order valence-electron chi connectivity index (χ4n) is 5.27. The first-order chi connectivity index (χ1) is 16.7. The van der Waals surface area contributed by atoms with Gasteiger partial charge in [0.2, 0.25) is 12.7 Å². The van der Waals surface area contributed by atoms with Crippen molar-refractivity contribution in [2.45, 2.75) is 51.5 Å². The Balaban J connectivity index is 1.41. The van der Waals surface area contributed by atoms with Crippen LogP contribution in [0.4, 0.5) is 4.79 Å². The summed E-state index contributed by atoms with van der Waals surface area (Å²) in [5.74, 6) is 1.78. The van der Waals surface area contributed by atoms with E-state index in [-0.39, 0.29) is 30.6 Å². The number of amides is 4. The molecule has 1 aromatic carbocycles. The first-order valence-corrected chi connectivity index (χ1v) is 12.6. The lowest BCUT2D eigenvalue weighted by Crippen LogP contribution is -2.57. The molecule has 9 nitrogen and oxygen atoms in total. The van der Waals surface area contributed by atoms with Gasteiger partial charge in [0, 0.05) is 26.2 Å². The van der Waals surface area contributed by atoms with Gasteiger partial charge in [-0.1, -0.05) is 19.9 Å². The lowest BCUT2D eigenvalue weighted by Gasteiger charge is -2.41. The van der Waals surface area contributed by atoms with E-state index >= 15 is 0 Å². The number of nitrogens with zero attached hydrogens (tertiary/aromatic N) is 3. The lowest BCUT2D eigenvalue weighted by molar-refractivity contribution is -0.136. The number of likely N-dealkylation sites (tertiary alicyclic amines) is 1. The summed E-state index contributed by atoms with van der Waals surface area (Å²) >= 11 is 0. The Kier molecular flexibility index (Phi) is 7.54. The molecule has 0 aliphatic carbocycles. The molecule has 0 radical (unpaired) electrons. The summed E-state index contributed by atoms with van der Waals surface area (Å²) in [5.41, 5.74) is 0.0182. The topological polar surface area (TPSA) is 91.4 Å². The third-order valence-electron chi connectivity index (χ3n) is 7.43. The highest BCUT2D eigenvalue weighted by molar-refractivity contribution is 6.07. The molecular weight excluding hydrogens is 448 g/mol. The number of benzene rings is 1. The summed E-state index contributed by atoms with van der Waals surface area (Å²) in [4.78, 5) is 44.7. The van der Waals surface area contributed by atoms with Gasteiger partial charge in [0.25, 0.3) is 5.91 Å². The minimum atomic E-state index is -0.875. The maximum absolute atomic E-state index is 13.6. The predicted molar refractivity (Wildman–Crippen MR) is 131 cm³/mol. The Morgan fingerprint density at radius 2 is 1.89 bits per heavy atom. The third kappa shape index (κ3) is 5.39. The van der Waals surface area contributed by atoms with Crippen LogP contribution in [0.1, 0.15) is 45.1 Å². The SMILES string of the molecule is CC(C)CC[C@]1(C2CCN(C(=O)Cc3ccc4c(c3)OCO4)CC2)NC(=O)N(CCN(C)C)C1=O. The number of fused-ring (bicyclic) bond motifs is 1. The number of piperidine rings is 1. The molecule has 3 aliphatic heterocycles. The zero-order chi connectivity index (χ0) is 25.2. The number of carbonyl (C=O) groups excluding carboxylic acids is 3. The molecule has 4 rings (SSSR count). The highest BCUT2D eigenvalue weighted by atomic mass is 16.7. The van der Waals surface area contributed by atoms with Gasteiger partial charge in [-0.2, -0.15) is 0 Å². The van der Waals surface area contributed by atoms with Crippen molar-refractivity contribution in [3.8, 4) is 11.5 Å². The van der Waals surface area contributed by atoms with Gasteiger partial charge < -0.3 is 24.6 Å². The maximum Gasteiger partial charge on any atom is 0.325 e. The van der Waals surface area contributed by atoms with Crippen LogP contribution in [0.25, 0.3) is 0 Å². The van der Waals surface area contributed by atoms with Gasteiger partial charge in [-0.3, -0.25) is 14.5 Å². The van der Waals surface area contributed by atoms with Gasteiger partial charge >= 0.3 is 6.03 Å². The number of carbonyl (C=O) groups is 3. The molecule has 2 fully saturated rings. The Morgan fingerprint density at radius 3 is 2.57 bits per heavy atom. The van der Waals surface area contributed by atoms with Gasteiger partial charge in [0.15, 0.2) is 11.5 Å². The quantitative estimate of drug-likeness (QED) is 0.540. The van der Waals surface area contributed by atoms with E-state index in [2.05, 4.69) is 19.2 Å². The highest BCUT2D eigenvalue weighted by Crippen LogP contribution is 2.38. The van der Waals surface area contributed by atoms with Crippen molar-refractivity contribution < 1.29 is 23.9 Å². The van der Waals surface area contributed by atoms with Crippen LogP contribution in [0.2, 0.25) is 0 Å². The molecule has 0 bridgehead atoms. The van der Waals surface area contributed by atoms with Crippen LogP contribution >= 0.6 is 0 Å². The number of hydrogen-bond donors (Lipinski definition) is 1. The van der Waals surface area contributed by atoms with E-state index in [9.17, 15) is 14.4 Å². The largest absolute Gasteiger partial charge is 0.454 e. The summed E-state index contributed by atoms with van der Waals surface area (Å²) in [6.07, 6.45) is 3.17. The van der Waals surface area contributed by atoms with E-state index in [1.54, 1.807) is 0 Å². The van der Waals surface area contributed by atoms with Gasteiger partial charge in [-0.15, -0.1) is 0 Å². The number of hydrogen-bond acceptors (Lipinski definition) is 6. The number of nitrogens with one attached hydrogen (secondary N) is 1. The second-order valence-electron chi connectivity index (χ2n) is 10.6. The molecule has 1 atom stereocenters. The van der Waals surface area contributed by atoms with Gasteiger partial charge in [-0.05, 0) is 69.3 Å². The first kappa shape index (κ1) is 25.3. The number of likely N-dealkylation sites (N-methyl/N-ethyl adjacent to an activating group) is 1. The van der Waals surface area contributed by atoms with Crippen LogP contribution in [0.15, 0.2) is 18.2 Å². The molecular formula is C26H38N4O5. The Hall–Kier alpha value is -2.81. The molecule has 4 amide bonds. The Bertz CT molecular complexity index is 957. The normalized spacial score (nSPS) is 22.5. The predicted octanol–water partition coefficient (Wildman–Crippen LogP) is 2.48. The molecule has 3 heterocycles. The van der Waals surface area contributed by atoms with Crippen LogP contribution in [0.3, 0.4) is 0 Å². The third-order valence-corrected chi connectivity index (χ3v) is 7.43. The van der Waals surface area contributed by atoms with E-state index in [0.29, 0.717) is 69.3 Å². The average Bonchev–Trinajstić information content (AvgIpc) is 3.38. The molecule has 3 aliphatic rings. The minimum Gasteiger partial charge on any atom is -0.454 e. The van der Waals surface area contributed by atoms with Crippen molar-refractivity contribution in [3.63, 3.8) is 0 Å². The van der Waals surface area contributed by atoms with Crippen molar-refractivity contribution in [3.05, 3.63) is 23.8 Å². The fraction of sp³-hybridized carbons (Fsp3) is 0.654. The molecule has 2 saturated heterocycles. The number of imide groups is 1. The standard InChI is InChI=1S/C26H38N4O5/c1-18(2)7-10-26(24(32)30(25(33)27-26)14-13-28(3)4)20-8-11-29(12-9-20)23(31)16-19-5-6-21-22(15-19)35-17-34-21/h5-6,15,18,20H,7-14,16-17H2,1-4H3,(H,27,33)/t26-/m1/s1. The molecule has 9 heteroatoms. The lowest BCUT2D eigenvalue weighted by atomic mass is 9.73. The monoisotopic (exact) mass is 486 g/mol. The van der Waals surface area contributed by atoms with Gasteiger partial charge in [0.05, 0.1) is 6.42 Å². The van der Waals surface area contributed by atoms with E-state index in [1.165, 1.54) is 4.90 Å².